The number of methoxy groups -OCH3 is 1. The van der Waals surface area contributed by atoms with Gasteiger partial charge in [-0.25, -0.2) is 14.4 Å². The maximum atomic E-state index is 14.5. The number of aromatic hydroxyl groups is 2. The van der Waals surface area contributed by atoms with Crippen LogP contribution in [0.1, 0.15) is 19.3 Å². The molecule has 0 radical (unpaired) electrons. The van der Waals surface area contributed by atoms with Crippen LogP contribution in [0.4, 0.5) is 21.6 Å². The topological polar surface area (TPSA) is 111 Å². The summed E-state index contributed by atoms with van der Waals surface area (Å²) in [6.45, 7) is 2.37. The first-order valence-corrected chi connectivity index (χ1v) is 11.1. The summed E-state index contributed by atoms with van der Waals surface area (Å²) in [5.74, 6) is -1.50. The van der Waals surface area contributed by atoms with Crippen LogP contribution < -0.4 is 15.0 Å². The van der Waals surface area contributed by atoms with Crippen LogP contribution in [0.3, 0.4) is 0 Å². The summed E-state index contributed by atoms with van der Waals surface area (Å²) >= 11 is 0. The van der Waals surface area contributed by atoms with E-state index < -0.39 is 17.3 Å². The second-order valence-corrected chi connectivity index (χ2v) is 8.97. The lowest BCUT2D eigenvalue weighted by Gasteiger charge is -2.36. The van der Waals surface area contributed by atoms with Gasteiger partial charge < -0.3 is 30.1 Å². The Hall–Kier alpha value is -3.66. The standard InChI is InChI=1S/C24H26FN5O4/c1-29-8-5-24(6-9-29)7-10-30(23(24)33)17-11-14-16(12-19(17)34-2)26-13-27-22(14)28-15-3-4-18(31)21(32)20(15)25/h3-4,11-13,31-32H,5-10H2,1-2H3,(H,26,27,28). The van der Waals surface area contributed by atoms with Crippen LogP contribution in [-0.2, 0) is 4.79 Å². The van der Waals surface area contributed by atoms with E-state index >= 15 is 0 Å². The van der Waals surface area contributed by atoms with Crippen molar-refractivity contribution in [3.05, 3.63) is 36.4 Å². The summed E-state index contributed by atoms with van der Waals surface area (Å²) in [5, 5.41) is 22.7. The van der Waals surface area contributed by atoms with Gasteiger partial charge in [0.15, 0.2) is 17.3 Å². The van der Waals surface area contributed by atoms with Gasteiger partial charge in [-0.15, -0.1) is 0 Å². The summed E-state index contributed by atoms with van der Waals surface area (Å²) < 4.78 is 20.1. The van der Waals surface area contributed by atoms with Crippen LogP contribution in [-0.4, -0.2) is 64.8 Å². The maximum Gasteiger partial charge on any atom is 0.233 e. The molecule has 34 heavy (non-hydrogen) atoms. The largest absolute Gasteiger partial charge is 0.504 e. The van der Waals surface area contributed by atoms with Gasteiger partial charge in [-0.1, -0.05) is 0 Å². The number of rotatable bonds is 4. The fourth-order valence-corrected chi connectivity index (χ4v) is 4.89. The zero-order valence-electron chi connectivity index (χ0n) is 19.0. The molecule has 0 bridgehead atoms. The first-order chi connectivity index (χ1) is 16.3. The van der Waals surface area contributed by atoms with Crippen molar-refractivity contribution >= 4 is 34.0 Å². The number of hydrogen-bond donors (Lipinski definition) is 3. The highest BCUT2D eigenvalue weighted by Crippen LogP contribution is 2.46. The van der Waals surface area contributed by atoms with Crippen molar-refractivity contribution in [1.29, 1.82) is 0 Å². The predicted octanol–water partition coefficient (Wildman–Crippen LogP) is 3.38. The Morgan fingerprint density at radius 3 is 2.59 bits per heavy atom. The van der Waals surface area contributed by atoms with E-state index in [9.17, 15) is 19.4 Å². The molecule has 2 aromatic carbocycles. The normalized spacial score (nSPS) is 18.1. The van der Waals surface area contributed by atoms with Gasteiger partial charge in [-0.2, -0.15) is 0 Å². The molecule has 10 heteroatoms. The molecule has 2 aliphatic rings. The van der Waals surface area contributed by atoms with Crippen molar-refractivity contribution in [2.45, 2.75) is 19.3 Å². The van der Waals surface area contributed by atoms with Crippen LogP contribution in [0.2, 0.25) is 0 Å². The van der Waals surface area contributed by atoms with Crippen LogP contribution in [0.25, 0.3) is 10.9 Å². The number of ether oxygens (including phenoxy) is 1. The fourth-order valence-electron chi connectivity index (χ4n) is 4.89. The molecular weight excluding hydrogens is 441 g/mol. The van der Waals surface area contributed by atoms with Crippen molar-refractivity contribution in [1.82, 2.24) is 14.9 Å². The van der Waals surface area contributed by atoms with E-state index in [1.54, 1.807) is 24.1 Å². The first kappa shape index (κ1) is 22.1. The number of carbonyl (C=O) groups excluding carboxylic acids is 1. The highest BCUT2D eigenvalue weighted by atomic mass is 19.1. The van der Waals surface area contributed by atoms with Crippen LogP contribution in [0.15, 0.2) is 30.6 Å². The monoisotopic (exact) mass is 467 g/mol. The van der Waals surface area contributed by atoms with Crippen molar-refractivity contribution in [2.75, 3.05) is 44.0 Å². The Morgan fingerprint density at radius 1 is 1.12 bits per heavy atom. The van der Waals surface area contributed by atoms with E-state index in [0.29, 0.717) is 34.7 Å². The lowest BCUT2D eigenvalue weighted by molar-refractivity contribution is -0.127. The Kier molecular flexibility index (Phi) is 5.40. The predicted molar refractivity (Wildman–Crippen MR) is 125 cm³/mol. The Labute approximate surface area is 195 Å². The van der Waals surface area contributed by atoms with Crippen molar-refractivity contribution < 1.29 is 24.1 Å². The Morgan fingerprint density at radius 2 is 1.85 bits per heavy atom. The molecule has 1 spiro atoms. The summed E-state index contributed by atoms with van der Waals surface area (Å²) in [7, 11) is 3.62. The van der Waals surface area contributed by atoms with Gasteiger partial charge >= 0.3 is 0 Å². The minimum absolute atomic E-state index is 0.0600. The van der Waals surface area contributed by atoms with Gasteiger partial charge in [-0.3, -0.25) is 4.79 Å². The molecule has 5 rings (SSSR count). The lowest BCUT2D eigenvalue weighted by atomic mass is 9.77. The number of amides is 1. The third-order valence-corrected chi connectivity index (χ3v) is 7.03. The minimum atomic E-state index is -1.00. The number of fused-ring (bicyclic) bond motifs is 1. The molecule has 3 aromatic rings. The molecule has 0 aliphatic carbocycles. The third-order valence-electron chi connectivity index (χ3n) is 7.03. The van der Waals surface area contributed by atoms with Gasteiger partial charge in [0.2, 0.25) is 5.91 Å². The molecule has 3 N–H and O–H groups in total. The number of likely N-dealkylation sites (tertiary alicyclic amines) is 1. The summed E-state index contributed by atoms with van der Waals surface area (Å²) in [6.07, 6.45) is 3.77. The molecule has 0 atom stereocenters. The van der Waals surface area contributed by atoms with Gasteiger partial charge in [0.05, 0.1) is 29.4 Å². The second kappa shape index (κ2) is 8.28. The quantitative estimate of drug-likeness (QED) is 0.396. The van der Waals surface area contributed by atoms with Gasteiger partial charge in [-0.05, 0) is 57.6 Å². The number of aromatic nitrogens is 2. The molecular formula is C24H26FN5O4. The van der Waals surface area contributed by atoms with Gasteiger partial charge in [0, 0.05) is 18.0 Å². The SMILES string of the molecule is COc1cc2ncnc(Nc3ccc(O)c(O)c3F)c2cc1N1CCC2(CCN(C)CC2)C1=O. The molecule has 1 amide bonds. The molecule has 178 valence electrons. The zero-order chi connectivity index (χ0) is 24.0. The van der Waals surface area contributed by atoms with Gasteiger partial charge in [0.1, 0.15) is 17.9 Å². The smallest absolute Gasteiger partial charge is 0.233 e. The number of carbonyl (C=O) groups is 1. The number of benzene rings is 2. The second-order valence-electron chi connectivity index (χ2n) is 8.97. The fraction of sp³-hybridized carbons (Fsp3) is 0.375. The molecule has 9 nitrogen and oxygen atoms in total. The summed E-state index contributed by atoms with van der Waals surface area (Å²) in [6, 6.07) is 5.99. The number of anilines is 3. The number of nitrogens with zero attached hydrogens (tertiary/aromatic N) is 4. The lowest BCUT2D eigenvalue weighted by Crippen LogP contribution is -2.43. The summed E-state index contributed by atoms with van der Waals surface area (Å²) in [4.78, 5) is 26.2. The maximum absolute atomic E-state index is 14.5. The number of phenols is 2. The number of phenolic OH excluding ortho intramolecular Hbond substituents is 2. The van der Waals surface area contributed by atoms with Gasteiger partial charge in [0.25, 0.3) is 0 Å². The summed E-state index contributed by atoms with van der Waals surface area (Å²) in [5.41, 5.74) is 0.744. The average Bonchev–Trinajstić information content (AvgIpc) is 3.16. The highest BCUT2D eigenvalue weighted by molar-refractivity contribution is 6.04. The van der Waals surface area contributed by atoms with Crippen molar-refractivity contribution in [3.8, 4) is 17.2 Å². The number of nitrogens with one attached hydrogen (secondary N) is 1. The van der Waals surface area contributed by atoms with Crippen LogP contribution in [0.5, 0.6) is 17.2 Å². The molecule has 0 saturated carbocycles. The van der Waals surface area contributed by atoms with Crippen molar-refractivity contribution in [2.24, 2.45) is 5.41 Å². The number of halogens is 1. The zero-order valence-corrected chi connectivity index (χ0v) is 19.0. The minimum Gasteiger partial charge on any atom is -0.504 e. The number of piperidine rings is 1. The molecule has 2 saturated heterocycles. The van der Waals surface area contributed by atoms with Crippen molar-refractivity contribution in [3.63, 3.8) is 0 Å². The molecule has 2 fully saturated rings. The molecule has 2 aliphatic heterocycles. The Bertz CT molecular complexity index is 1280. The highest BCUT2D eigenvalue weighted by Gasteiger charge is 2.48. The molecule has 0 unspecified atom stereocenters. The van der Waals surface area contributed by atoms with E-state index in [-0.39, 0.29) is 17.0 Å². The van der Waals surface area contributed by atoms with Crippen LogP contribution in [0, 0.1) is 11.2 Å². The van der Waals surface area contributed by atoms with E-state index in [1.807, 2.05) is 0 Å². The Balaban J connectivity index is 1.55. The van der Waals surface area contributed by atoms with E-state index in [4.69, 9.17) is 4.74 Å². The average molecular weight is 468 g/mol. The third kappa shape index (κ3) is 3.54. The first-order valence-electron chi connectivity index (χ1n) is 11.1. The van der Waals surface area contributed by atoms with Crippen LogP contribution >= 0.6 is 0 Å². The van der Waals surface area contributed by atoms with E-state index in [0.717, 1.165) is 32.4 Å². The number of hydrogen-bond acceptors (Lipinski definition) is 8. The van der Waals surface area contributed by atoms with E-state index in [1.165, 1.54) is 18.5 Å². The molecule has 3 heterocycles. The molecule has 1 aromatic heterocycles. The van der Waals surface area contributed by atoms with E-state index in [2.05, 4.69) is 27.2 Å².